The lowest BCUT2D eigenvalue weighted by Crippen LogP contribution is -2.36. The highest BCUT2D eigenvalue weighted by molar-refractivity contribution is 6.33. The van der Waals surface area contributed by atoms with Crippen molar-refractivity contribution < 1.29 is 14.0 Å². The van der Waals surface area contributed by atoms with Crippen LogP contribution in [0.1, 0.15) is 28.0 Å². The van der Waals surface area contributed by atoms with Crippen LogP contribution in [0.15, 0.2) is 48.5 Å². The zero-order valence-corrected chi connectivity index (χ0v) is 16.4. The number of halogens is 2. The number of nitrogens with zero attached hydrogens (tertiary/aromatic N) is 3. The maximum absolute atomic E-state index is 13.1. The summed E-state index contributed by atoms with van der Waals surface area (Å²) in [5.41, 5.74) is 2.53. The third kappa shape index (κ3) is 4.00. The Hall–Kier alpha value is -3.19. The third-order valence-electron chi connectivity index (χ3n) is 4.73. The van der Waals surface area contributed by atoms with Crippen LogP contribution < -0.4 is 10.2 Å². The number of anilines is 2. The zero-order chi connectivity index (χ0) is 20.5. The van der Waals surface area contributed by atoms with E-state index >= 15 is 0 Å². The molecule has 3 aromatic rings. The molecule has 29 heavy (non-hydrogen) atoms. The van der Waals surface area contributed by atoms with Gasteiger partial charge in [-0.1, -0.05) is 23.7 Å². The monoisotopic (exact) mass is 412 g/mol. The first kappa shape index (κ1) is 19.1. The highest BCUT2D eigenvalue weighted by Crippen LogP contribution is 2.25. The van der Waals surface area contributed by atoms with Gasteiger partial charge in [0.25, 0.3) is 5.91 Å². The van der Waals surface area contributed by atoms with Crippen molar-refractivity contribution in [2.45, 2.75) is 26.4 Å². The lowest BCUT2D eigenvalue weighted by Gasteiger charge is -2.27. The molecule has 0 unspecified atom stereocenters. The van der Waals surface area contributed by atoms with Gasteiger partial charge in [-0.25, -0.2) is 9.07 Å². The summed E-state index contributed by atoms with van der Waals surface area (Å²) in [6.07, 6.45) is 0.410. The topological polar surface area (TPSA) is 67.2 Å². The predicted molar refractivity (Wildman–Crippen MR) is 109 cm³/mol. The fourth-order valence-electron chi connectivity index (χ4n) is 3.28. The Morgan fingerprint density at radius 3 is 2.69 bits per heavy atom. The van der Waals surface area contributed by atoms with Crippen LogP contribution in [-0.4, -0.2) is 21.6 Å². The lowest BCUT2D eigenvalue weighted by atomic mass is 10.1. The van der Waals surface area contributed by atoms with Crippen molar-refractivity contribution in [3.8, 4) is 0 Å². The predicted octanol–water partition coefficient (Wildman–Crippen LogP) is 4.17. The van der Waals surface area contributed by atoms with E-state index in [4.69, 9.17) is 11.6 Å². The lowest BCUT2D eigenvalue weighted by molar-refractivity contribution is -0.119. The molecule has 0 spiro atoms. The largest absolute Gasteiger partial charge is 0.321 e. The average molecular weight is 413 g/mol. The first-order chi connectivity index (χ1) is 13.9. The van der Waals surface area contributed by atoms with Gasteiger partial charge >= 0.3 is 0 Å². The van der Waals surface area contributed by atoms with Crippen LogP contribution in [0.3, 0.4) is 0 Å². The molecule has 0 fully saturated rings. The number of fused-ring (bicyclic) bond motifs is 1. The Bertz CT molecular complexity index is 1090. The maximum Gasteiger partial charge on any atom is 0.255 e. The second-order valence-corrected chi connectivity index (χ2v) is 7.28. The number of benzene rings is 2. The number of amides is 2. The maximum atomic E-state index is 13.1. The van der Waals surface area contributed by atoms with Gasteiger partial charge < -0.3 is 5.32 Å². The quantitative estimate of drug-likeness (QED) is 0.699. The summed E-state index contributed by atoms with van der Waals surface area (Å²) in [7, 11) is 0. The standard InChI is InChI=1S/C21H18ClFN4O2/c1-13-10-19-26(20(28)8-9-27(19)25-13)12-14-2-4-15(5-3-14)21(29)24-18-7-6-16(23)11-17(18)22/h2-7,10-11H,8-9,12H2,1H3,(H,24,29). The van der Waals surface area contributed by atoms with E-state index in [1.165, 1.54) is 12.1 Å². The fraction of sp³-hybridized carbons (Fsp3) is 0.190. The van der Waals surface area contributed by atoms with Crippen LogP contribution >= 0.6 is 11.6 Å². The summed E-state index contributed by atoms with van der Waals surface area (Å²) < 4.78 is 15.0. The summed E-state index contributed by atoms with van der Waals surface area (Å²) >= 11 is 5.95. The Balaban J connectivity index is 1.48. The molecule has 1 N–H and O–H groups in total. The van der Waals surface area contributed by atoms with Crippen molar-refractivity contribution in [1.82, 2.24) is 9.78 Å². The molecule has 1 aromatic heterocycles. The Morgan fingerprint density at radius 1 is 1.21 bits per heavy atom. The van der Waals surface area contributed by atoms with Crippen molar-refractivity contribution >= 4 is 34.9 Å². The number of carbonyl (C=O) groups is 2. The van der Waals surface area contributed by atoms with Crippen LogP contribution in [0, 0.1) is 12.7 Å². The Labute approximate surface area is 171 Å². The second kappa shape index (κ2) is 7.67. The zero-order valence-electron chi connectivity index (χ0n) is 15.7. The molecule has 0 saturated carbocycles. The van der Waals surface area contributed by atoms with E-state index in [2.05, 4.69) is 10.4 Å². The van der Waals surface area contributed by atoms with Crippen molar-refractivity contribution in [3.63, 3.8) is 0 Å². The van der Waals surface area contributed by atoms with Gasteiger partial charge in [0.05, 0.1) is 29.5 Å². The SMILES string of the molecule is Cc1cc2n(n1)CCC(=O)N2Cc1ccc(C(=O)Nc2ccc(F)cc2Cl)cc1. The highest BCUT2D eigenvalue weighted by Gasteiger charge is 2.25. The van der Waals surface area contributed by atoms with Crippen molar-refractivity contribution in [2.24, 2.45) is 0 Å². The van der Waals surface area contributed by atoms with Gasteiger partial charge in [0.2, 0.25) is 5.91 Å². The molecule has 4 rings (SSSR count). The summed E-state index contributed by atoms with van der Waals surface area (Å²) in [6.45, 7) is 2.88. The van der Waals surface area contributed by atoms with E-state index in [1.807, 2.05) is 17.7 Å². The van der Waals surface area contributed by atoms with E-state index < -0.39 is 5.82 Å². The molecule has 8 heteroatoms. The number of aromatic nitrogens is 2. The van der Waals surface area contributed by atoms with E-state index in [0.717, 1.165) is 23.1 Å². The summed E-state index contributed by atoms with van der Waals surface area (Å²) in [4.78, 5) is 26.5. The van der Waals surface area contributed by atoms with Gasteiger partial charge in [0.1, 0.15) is 11.6 Å². The molecular formula is C21H18ClFN4O2. The molecule has 0 aliphatic carbocycles. The molecule has 148 valence electrons. The minimum Gasteiger partial charge on any atom is -0.321 e. The molecule has 1 aliphatic rings. The Kier molecular flexibility index (Phi) is 5.07. The molecule has 0 radical (unpaired) electrons. The van der Waals surface area contributed by atoms with Gasteiger partial charge in [0, 0.05) is 18.1 Å². The average Bonchev–Trinajstić information content (AvgIpc) is 3.07. The number of carbonyl (C=O) groups excluding carboxylic acids is 2. The van der Waals surface area contributed by atoms with Gasteiger partial charge in [-0.15, -0.1) is 0 Å². The fourth-order valence-corrected chi connectivity index (χ4v) is 3.49. The Morgan fingerprint density at radius 2 is 1.97 bits per heavy atom. The molecule has 2 aromatic carbocycles. The molecule has 1 aliphatic heterocycles. The van der Waals surface area contributed by atoms with Crippen LogP contribution in [-0.2, 0) is 17.9 Å². The van der Waals surface area contributed by atoms with Crippen LogP contribution in [0.2, 0.25) is 5.02 Å². The van der Waals surface area contributed by atoms with E-state index in [-0.39, 0.29) is 16.8 Å². The molecule has 2 amide bonds. The van der Waals surface area contributed by atoms with Crippen LogP contribution in [0.5, 0.6) is 0 Å². The molecule has 0 atom stereocenters. The minimum atomic E-state index is -0.471. The van der Waals surface area contributed by atoms with Gasteiger partial charge in [-0.2, -0.15) is 5.10 Å². The second-order valence-electron chi connectivity index (χ2n) is 6.87. The molecule has 6 nitrogen and oxygen atoms in total. The normalized spacial score (nSPS) is 13.3. The van der Waals surface area contributed by atoms with E-state index in [1.54, 1.807) is 29.2 Å². The molecule has 2 heterocycles. The van der Waals surface area contributed by atoms with E-state index in [0.29, 0.717) is 30.8 Å². The summed E-state index contributed by atoms with van der Waals surface area (Å²) in [6, 6.07) is 12.6. The number of hydrogen-bond donors (Lipinski definition) is 1. The third-order valence-corrected chi connectivity index (χ3v) is 5.04. The minimum absolute atomic E-state index is 0.0465. The van der Waals surface area contributed by atoms with E-state index in [9.17, 15) is 14.0 Å². The number of rotatable bonds is 4. The highest BCUT2D eigenvalue weighted by atomic mass is 35.5. The van der Waals surface area contributed by atoms with Gasteiger partial charge in [-0.3, -0.25) is 14.5 Å². The molecule has 0 saturated heterocycles. The number of aryl methyl sites for hydroxylation is 2. The summed E-state index contributed by atoms with van der Waals surface area (Å²) in [5.74, 6) is 0.00523. The summed E-state index contributed by atoms with van der Waals surface area (Å²) in [5, 5.41) is 7.20. The smallest absolute Gasteiger partial charge is 0.255 e. The van der Waals surface area contributed by atoms with Crippen LogP contribution in [0.25, 0.3) is 0 Å². The number of hydrogen-bond acceptors (Lipinski definition) is 3. The van der Waals surface area contributed by atoms with Crippen molar-refractivity contribution in [1.29, 1.82) is 0 Å². The molecule has 0 bridgehead atoms. The van der Waals surface area contributed by atoms with Crippen LogP contribution in [0.4, 0.5) is 15.9 Å². The van der Waals surface area contributed by atoms with Gasteiger partial charge in [-0.05, 0) is 42.8 Å². The van der Waals surface area contributed by atoms with Crippen molar-refractivity contribution in [2.75, 3.05) is 10.2 Å². The van der Waals surface area contributed by atoms with Gasteiger partial charge in [0.15, 0.2) is 0 Å². The number of nitrogens with one attached hydrogen (secondary N) is 1. The van der Waals surface area contributed by atoms with Crippen molar-refractivity contribution in [3.05, 3.63) is 76.2 Å². The first-order valence-electron chi connectivity index (χ1n) is 9.11. The first-order valence-corrected chi connectivity index (χ1v) is 9.48. The molecular weight excluding hydrogens is 395 g/mol.